The zero-order chi connectivity index (χ0) is 25.9. The molecule has 1 spiro atoms. The van der Waals surface area contributed by atoms with Crippen LogP contribution in [0.2, 0.25) is 0 Å². The molecule has 204 valence electrons. The minimum absolute atomic E-state index is 0.124. The first-order valence-electron chi connectivity index (χ1n) is 14.5. The van der Waals surface area contributed by atoms with Crippen LogP contribution < -0.4 is 16.0 Å². The van der Waals surface area contributed by atoms with Crippen molar-refractivity contribution in [1.29, 1.82) is 0 Å². The Morgan fingerprint density at radius 1 is 0.686 bits per heavy atom. The quantitative estimate of drug-likeness (QED) is 0.562. The average molecular weight is 491 g/mol. The highest BCUT2D eigenvalue weighted by atomic mass is 15.4. The Kier molecular flexibility index (Phi) is 7.54. The van der Waals surface area contributed by atoms with E-state index in [0.29, 0.717) is 23.7 Å². The van der Waals surface area contributed by atoms with Crippen LogP contribution in [0.5, 0.6) is 0 Å². The van der Waals surface area contributed by atoms with Crippen molar-refractivity contribution in [2.24, 2.45) is 0 Å². The van der Waals surface area contributed by atoms with Gasteiger partial charge in [0, 0.05) is 91.6 Å². The molecule has 1 aliphatic carbocycles. The van der Waals surface area contributed by atoms with Gasteiger partial charge in [0.05, 0.1) is 0 Å². The smallest absolute Gasteiger partial charge is 0.0344 e. The zero-order valence-electron chi connectivity index (χ0n) is 24.9. The Bertz CT molecular complexity index is 727. The van der Waals surface area contributed by atoms with Gasteiger partial charge in [0.2, 0.25) is 0 Å². The lowest BCUT2D eigenvalue weighted by Crippen LogP contribution is -2.73. The molecule has 0 amide bonds. The van der Waals surface area contributed by atoms with Gasteiger partial charge in [-0.05, 0) is 94.9 Å². The van der Waals surface area contributed by atoms with Crippen LogP contribution in [0.15, 0.2) is 0 Å². The third-order valence-corrected chi connectivity index (χ3v) is 9.25. The molecule has 1 saturated carbocycles. The first-order chi connectivity index (χ1) is 16.1. The molecule has 4 atom stereocenters. The molecule has 0 bridgehead atoms. The predicted octanol–water partition coefficient (Wildman–Crippen LogP) is 3.27. The fraction of sp³-hybridized carbons (Fsp3) is 1.00. The van der Waals surface area contributed by atoms with Gasteiger partial charge in [-0.2, -0.15) is 0 Å². The summed E-state index contributed by atoms with van der Waals surface area (Å²) in [6, 6.07) is 1.70. The van der Waals surface area contributed by atoms with Crippen LogP contribution in [0.25, 0.3) is 0 Å². The van der Waals surface area contributed by atoms with Crippen molar-refractivity contribution >= 4 is 0 Å². The molecule has 6 nitrogen and oxygen atoms in total. The maximum Gasteiger partial charge on any atom is 0.0344 e. The molecule has 35 heavy (non-hydrogen) atoms. The van der Waals surface area contributed by atoms with E-state index >= 15 is 0 Å². The minimum atomic E-state index is 0.124. The van der Waals surface area contributed by atoms with E-state index in [0.717, 1.165) is 39.3 Å². The molecular weight excluding hydrogens is 432 g/mol. The molecule has 3 unspecified atom stereocenters. The van der Waals surface area contributed by atoms with Gasteiger partial charge >= 0.3 is 0 Å². The van der Waals surface area contributed by atoms with E-state index in [2.05, 4.69) is 99.9 Å². The molecular formula is C29H58N6. The third-order valence-electron chi connectivity index (χ3n) is 9.25. The van der Waals surface area contributed by atoms with Gasteiger partial charge in [-0.25, -0.2) is 0 Å². The molecule has 0 aromatic rings. The summed E-state index contributed by atoms with van der Waals surface area (Å²) in [6.07, 6.45) is 5.14. The second-order valence-corrected chi connectivity index (χ2v) is 15.5. The summed E-state index contributed by atoms with van der Waals surface area (Å²) in [4.78, 5) is 8.64. The lowest BCUT2D eigenvalue weighted by molar-refractivity contribution is -0.0910. The summed E-state index contributed by atoms with van der Waals surface area (Å²) >= 11 is 0. The maximum atomic E-state index is 3.93. The molecule has 4 rings (SSSR count). The minimum Gasteiger partial charge on any atom is -0.314 e. The van der Waals surface area contributed by atoms with Crippen LogP contribution in [0.1, 0.15) is 94.9 Å². The largest absolute Gasteiger partial charge is 0.314 e. The van der Waals surface area contributed by atoms with Gasteiger partial charge < -0.3 is 16.0 Å². The van der Waals surface area contributed by atoms with Crippen molar-refractivity contribution in [1.82, 2.24) is 30.7 Å². The summed E-state index contributed by atoms with van der Waals surface area (Å²) in [5.41, 5.74) is 1.06. The molecule has 0 aromatic heterocycles. The predicted molar refractivity (Wildman–Crippen MR) is 149 cm³/mol. The number of hydrogen-bond donors (Lipinski definition) is 3. The third kappa shape index (κ3) is 5.78. The van der Waals surface area contributed by atoms with Gasteiger partial charge in [-0.1, -0.05) is 0 Å². The van der Waals surface area contributed by atoms with Gasteiger partial charge in [-0.15, -0.1) is 0 Å². The van der Waals surface area contributed by atoms with Gasteiger partial charge in [-0.3, -0.25) is 14.7 Å². The Morgan fingerprint density at radius 2 is 1.26 bits per heavy atom. The van der Waals surface area contributed by atoms with Crippen LogP contribution in [0, 0.1) is 0 Å². The fourth-order valence-electron chi connectivity index (χ4n) is 8.54. The summed E-state index contributed by atoms with van der Waals surface area (Å²) in [5.74, 6) is 0. The van der Waals surface area contributed by atoms with Crippen LogP contribution in [0.4, 0.5) is 0 Å². The van der Waals surface area contributed by atoms with Crippen LogP contribution in [-0.2, 0) is 0 Å². The Labute approximate surface area is 217 Å². The van der Waals surface area contributed by atoms with Crippen LogP contribution in [-0.4, -0.2) is 106 Å². The summed E-state index contributed by atoms with van der Waals surface area (Å²) in [7, 11) is 0. The Hall–Kier alpha value is -0.240. The number of nitrogens with zero attached hydrogens (tertiary/aromatic N) is 3. The highest BCUT2D eigenvalue weighted by molar-refractivity contribution is 5.15. The molecule has 3 aliphatic heterocycles. The molecule has 3 saturated heterocycles. The lowest BCUT2D eigenvalue weighted by Gasteiger charge is -2.60. The van der Waals surface area contributed by atoms with E-state index in [4.69, 9.17) is 0 Å². The summed E-state index contributed by atoms with van der Waals surface area (Å²) < 4.78 is 0. The SMILES string of the molecule is CC(C)(C)N1CCNC[C@H]1CC1CNCC(C)(CC2CNCC3(CC3)N2C(C)(C)C)N1C(C)(C)C. The molecule has 4 fully saturated rings. The topological polar surface area (TPSA) is 45.8 Å². The van der Waals surface area contributed by atoms with Crippen molar-refractivity contribution < 1.29 is 0 Å². The average Bonchev–Trinajstić information content (AvgIpc) is 3.44. The summed E-state index contributed by atoms with van der Waals surface area (Å²) in [6.45, 7) is 32.2. The second kappa shape index (κ2) is 9.50. The molecule has 3 N–H and O–H groups in total. The Balaban J connectivity index is 1.59. The van der Waals surface area contributed by atoms with E-state index in [9.17, 15) is 0 Å². The number of nitrogens with one attached hydrogen (secondary N) is 3. The normalized spacial score (nSPS) is 36.0. The first-order valence-corrected chi connectivity index (χ1v) is 14.5. The number of rotatable bonds is 4. The van der Waals surface area contributed by atoms with Crippen LogP contribution in [0.3, 0.4) is 0 Å². The summed E-state index contributed by atoms with van der Waals surface area (Å²) in [5, 5.41) is 11.5. The monoisotopic (exact) mass is 490 g/mol. The fourth-order valence-corrected chi connectivity index (χ4v) is 8.54. The van der Waals surface area contributed by atoms with E-state index in [1.807, 2.05) is 0 Å². The number of piperazine rings is 3. The first kappa shape index (κ1) is 27.8. The molecule has 3 heterocycles. The Morgan fingerprint density at radius 3 is 1.83 bits per heavy atom. The van der Waals surface area contributed by atoms with Crippen molar-refractivity contribution in [2.75, 3.05) is 45.8 Å². The van der Waals surface area contributed by atoms with Gasteiger partial charge in [0.25, 0.3) is 0 Å². The van der Waals surface area contributed by atoms with E-state index < -0.39 is 0 Å². The van der Waals surface area contributed by atoms with Crippen molar-refractivity contribution in [3.05, 3.63) is 0 Å². The molecule has 0 radical (unpaired) electrons. The number of hydrogen-bond acceptors (Lipinski definition) is 6. The van der Waals surface area contributed by atoms with E-state index in [1.54, 1.807) is 0 Å². The van der Waals surface area contributed by atoms with E-state index in [-0.39, 0.29) is 22.2 Å². The standard InChI is InChI=1S/C29H58N6/c1-25(2,3)33-14-13-30-17-22(33)15-23-18-31-20-28(10,34(23)26(4,5)6)16-24-19-32-21-29(11-12-29)35(24)27(7,8)9/h22-24,30-32H,11-21H2,1-10H3/t22-,23?,24?,28?/m1/s1. The second-order valence-electron chi connectivity index (χ2n) is 15.5. The highest BCUT2D eigenvalue weighted by Crippen LogP contribution is 2.49. The van der Waals surface area contributed by atoms with Crippen molar-refractivity contribution in [3.8, 4) is 0 Å². The highest BCUT2D eigenvalue weighted by Gasteiger charge is 2.57. The lowest BCUT2D eigenvalue weighted by atomic mass is 9.79. The van der Waals surface area contributed by atoms with E-state index in [1.165, 1.54) is 32.2 Å². The van der Waals surface area contributed by atoms with Gasteiger partial charge in [0.1, 0.15) is 0 Å². The van der Waals surface area contributed by atoms with Gasteiger partial charge in [0.15, 0.2) is 0 Å². The van der Waals surface area contributed by atoms with Crippen molar-refractivity contribution in [2.45, 2.75) is 141 Å². The van der Waals surface area contributed by atoms with Crippen molar-refractivity contribution in [3.63, 3.8) is 0 Å². The molecule has 4 aliphatic rings. The zero-order valence-corrected chi connectivity index (χ0v) is 24.9. The molecule has 0 aromatic carbocycles. The van der Waals surface area contributed by atoms with Crippen LogP contribution >= 0.6 is 0 Å². The molecule has 6 heteroatoms. The maximum absolute atomic E-state index is 3.93.